The summed E-state index contributed by atoms with van der Waals surface area (Å²) in [4.78, 5) is 17.5. The van der Waals surface area contributed by atoms with Gasteiger partial charge >= 0.3 is 5.97 Å². The molecule has 0 atom stereocenters. The van der Waals surface area contributed by atoms with E-state index in [1.54, 1.807) is 12.1 Å². The fourth-order valence-electron chi connectivity index (χ4n) is 1.58. The molecule has 0 amide bonds. The summed E-state index contributed by atoms with van der Waals surface area (Å²) < 4.78 is 0.940. The number of benzene rings is 2. The van der Waals surface area contributed by atoms with Crippen LogP contribution in [0.1, 0.15) is 11.1 Å². The van der Waals surface area contributed by atoms with E-state index in [-0.39, 0.29) is 11.6 Å². The second-order valence-electron chi connectivity index (χ2n) is 4.55. The number of aryl methyl sites for hydroxylation is 1. The molecular weight excluding hydrogens is 364 g/mol. The normalized spacial score (nSPS) is 11.3. The molecule has 0 aliphatic rings. The molecule has 0 aromatic heterocycles. The standard InChI is InChI=1S/C16H15BrN2O2S/c1-11-2-8-14(9-3-11)22-10-15(20)21-19-16(18)12-4-6-13(17)7-5-12/h2-9H,10H2,1H3,(H2,18,19). The summed E-state index contributed by atoms with van der Waals surface area (Å²) in [5.41, 5.74) is 7.64. The van der Waals surface area contributed by atoms with Gasteiger partial charge in [0.25, 0.3) is 0 Å². The monoisotopic (exact) mass is 378 g/mol. The summed E-state index contributed by atoms with van der Waals surface area (Å²) in [6.07, 6.45) is 0. The van der Waals surface area contributed by atoms with E-state index >= 15 is 0 Å². The summed E-state index contributed by atoms with van der Waals surface area (Å²) in [5, 5.41) is 3.67. The molecule has 0 aliphatic heterocycles. The highest BCUT2D eigenvalue weighted by Gasteiger charge is 2.06. The average Bonchev–Trinajstić information content (AvgIpc) is 2.52. The molecular formula is C16H15BrN2O2S. The van der Waals surface area contributed by atoms with Crippen molar-refractivity contribution < 1.29 is 9.63 Å². The van der Waals surface area contributed by atoms with E-state index in [9.17, 15) is 4.79 Å². The highest BCUT2D eigenvalue weighted by Crippen LogP contribution is 2.18. The van der Waals surface area contributed by atoms with E-state index < -0.39 is 5.97 Å². The Bertz CT molecular complexity index is 670. The Hall–Kier alpha value is -1.79. The number of halogens is 1. The van der Waals surface area contributed by atoms with Crippen molar-refractivity contribution in [2.75, 3.05) is 5.75 Å². The Balaban J connectivity index is 1.85. The number of hydrogen-bond donors (Lipinski definition) is 1. The number of nitrogens with zero attached hydrogens (tertiary/aromatic N) is 1. The van der Waals surface area contributed by atoms with Crippen molar-refractivity contribution in [1.29, 1.82) is 0 Å². The van der Waals surface area contributed by atoms with Crippen LogP contribution in [-0.4, -0.2) is 17.6 Å². The third-order valence-electron chi connectivity index (χ3n) is 2.76. The first-order valence-corrected chi connectivity index (χ1v) is 8.31. The maximum Gasteiger partial charge on any atom is 0.345 e. The maximum absolute atomic E-state index is 11.7. The van der Waals surface area contributed by atoms with Gasteiger partial charge in [0.1, 0.15) is 0 Å². The molecule has 4 nitrogen and oxygen atoms in total. The Kier molecular flexibility index (Phi) is 6.03. The molecule has 0 unspecified atom stereocenters. The second kappa shape index (κ2) is 8.00. The van der Waals surface area contributed by atoms with Gasteiger partial charge in [0.15, 0.2) is 5.84 Å². The lowest BCUT2D eigenvalue weighted by Gasteiger charge is -2.02. The van der Waals surface area contributed by atoms with Crippen molar-refractivity contribution in [2.24, 2.45) is 10.9 Å². The van der Waals surface area contributed by atoms with Gasteiger partial charge in [-0.15, -0.1) is 11.8 Å². The topological polar surface area (TPSA) is 64.7 Å². The number of thioether (sulfide) groups is 1. The third kappa shape index (κ3) is 5.20. The summed E-state index contributed by atoms with van der Waals surface area (Å²) >= 11 is 4.73. The molecule has 0 spiro atoms. The Labute approximate surface area is 141 Å². The van der Waals surface area contributed by atoms with Crippen LogP contribution in [0.4, 0.5) is 0 Å². The van der Waals surface area contributed by atoms with Crippen LogP contribution in [0, 0.1) is 6.92 Å². The van der Waals surface area contributed by atoms with Crippen molar-refractivity contribution in [3.05, 3.63) is 64.1 Å². The van der Waals surface area contributed by atoms with E-state index in [1.165, 1.54) is 17.3 Å². The largest absolute Gasteiger partial charge is 0.380 e. The Morgan fingerprint density at radius 3 is 2.45 bits per heavy atom. The van der Waals surface area contributed by atoms with Gasteiger partial charge in [-0.2, -0.15) is 0 Å². The Morgan fingerprint density at radius 1 is 1.18 bits per heavy atom. The lowest BCUT2D eigenvalue weighted by Crippen LogP contribution is -2.15. The van der Waals surface area contributed by atoms with Crippen LogP contribution in [0.15, 0.2) is 63.1 Å². The molecule has 0 fully saturated rings. The number of carbonyl (C=O) groups is 1. The van der Waals surface area contributed by atoms with Gasteiger partial charge in [0.2, 0.25) is 0 Å². The summed E-state index contributed by atoms with van der Waals surface area (Å²) in [7, 11) is 0. The zero-order valence-electron chi connectivity index (χ0n) is 12.0. The molecule has 22 heavy (non-hydrogen) atoms. The van der Waals surface area contributed by atoms with Crippen molar-refractivity contribution >= 4 is 39.5 Å². The zero-order valence-corrected chi connectivity index (χ0v) is 14.4. The van der Waals surface area contributed by atoms with E-state index in [4.69, 9.17) is 10.6 Å². The molecule has 0 radical (unpaired) electrons. The van der Waals surface area contributed by atoms with Crippen LogP contribution in [0.5, 0.6) is 0 Å². The second-order valence-corrected chi connectivity index (χ2v) is 6.51. The molecule has 2 aromatic carbocycles. The molecule has 0 heterocycles. The van der Waals surface area contributed by atoms with Crippen molar-refractivity contribution in [3.63, 3.8) is 0 Å². The lowest BCUT2D eigenvalue weighted by atomic mass is 10.2. The number of hydrogen-bond acceptors (Lipinski definition) is 4. The highest BCUT2D eigenvalue weighted by atomic mass is 79.9. The number of amidine groups is 1. The predicted octanol–water partition coefficient (Wildman–Crippen LogP) is 3.71. The van der Waals surface area contributed by atoms with Gasteiger partial charge < -0.3 is 10.6 Å². The van der Waals surface area contributed by atoms with Crippen LogP contribution in [-0.2, 0) is 9.63 Å². The maximum atomic E-state index is 11.7. The van der Waals surface area contributed by atoms with E-state index in [0.717, 1.165) is 9.37 Å². The van der Waals surface area contributed by atoms with Crippen molar-refractivity contribution in [2.45, 2.75) is 11.8 Å². The summed E-state index contributed by atoms with van der Waals surface area (Å²) in [5.74, 6) is -0.0907. The highest BCUT2D eigenvalue weighted by molar-refractivity contribution is 9.10. The minimum atomic E-state index is -0.439. The van der Waals surface area contributed by atoms with Gasteiger partial charge in [-0.05, 0) is 31.2 Å². The molecule has 0 saturated heterocycles. The summed E-state index contributed by atoms with van der Waals surface area (Å²) in [6.45, 7) is 2.02. The lowest BCUT2D eigenvalue weighted by molar-refractivity contribution is -0.140. The summed E-state index contributed by atoms with van der Waals surface area (Å²) in [6, 6.07) is 15.2. The third-order valence-corrected chi connectivity index (χ3v) is 4.28. The van der Waals surface area contributed by atoms with Crippen LogP contribution in [0.3, 0.4) is 0 Å². The molecule has 2 rings (SSSR count). The molecule has 6 heteroatoms. The number of carbonyl (C=O) groups excluding carboxylic acids is 1. The van der Waals surface area contributed by atoms with E-state index in [0.29, 0.717) is 5.56 Å². The van der Waals surface area contributed by atoms with Gasteiger partial charge in [-0.25, -0.2) is 4.79 Å². The van der Waals surface area contributed by atoms with E-state index in [1.807, 2.05) is 43.3 Å². The number of rotatable bonds is 5. The first-order chi connectivity index (χ1) is 10.5. The average molecular weight is 379 g/mol. The first kappa shape index (κ1) is 16.6. The van der Waals surface area contributed by atoms with Gasteiger partial charge in [-0.1, -0.05) is 50.9 Å². The van der Waals surface area contributed by atoms with E-state index in [2.05, 4.69) is 21.1 Å². The quantitative estimate of drug-likeness (QED) is 0.283. The van der Waals surface area contributed by atoms with Crippen LogP contribution in [0.25, 0.3) is 0 Å². The molecule has 2 N–H and O–H groups in total. The van der Waals surface area contributed by atoms with Gasteiger partial charge in [-0.3, -0.25) is 0 Å². The minimum Gasteiger partial charge on any atom is -0.380 e. The number of oxime groups is 1. The van der Waals surface area contributed by atoms with Crippen molar-refractivity contribution in [3.8, 4) is 0 Å². The molecule has 114 valence electrons. The molecule has 0 saturated carbocycles. The fraction of sp³-hybridized carbons (Fsp3) is 0.125. The van der Waals surface area contributed by atoms with Gasteiger partial charge in [0, 0.05) is 14.9 Å². The minimum absolute atomic E-state index is 0.168. The Morgan fingerprint density at radius 2 is 1.82 bits per heavy atom. The van der Waals surface area contributed by atoms with Crippen LogP contribution >= 0.6 is 27.7 Å². The molecule has 2 aromatic rings. The fourth-order valence-corrected chi connectivity index (χ4v) is 2.51. The van der Waals surface area contributed by atoms with Crippen LogP contribution in [0.2, 0.25) is 0 Å². The predicted molar refractivity (Wildman–Crippen MR) is 92.9 cm³/mol. The van der Waals surface area contributed by atoms with Gasteiger partial charge in [0.05, 0.1) is 5.75 Å². The molecule has 0 bridgehead atoms. The van der Waals surface area contributed by atoms with Crippen LogP contribution < -0.4 is 5.73 Å². The zero-order chi connectivity index (χ0) is 15.9. The SMILES string of the molecule is Cc1ccc(SCC(=O)ON=C(N)c2ccc(Br)cc2)cc1. The van der Waals surface area contributed by atoms with Crippen molar-refractivity contribution in [1.82, 2.24) is 0 Å². The smallest absolute Gasteiger partial charge is 0.345 e. The first-order valence-electron chi connectivity index (χ1n) is 6.53. The molecule has 0 aliphatic carbocycles. The number of nitrogens with two attached hydrogens (primary N) is 1.